The Morgan fingerprint density at radius 2 is 2.15 bits per heavy atom. The summed E-state index contributed by atoms with van der Waals surface area (Å²) >= 11 is 0. The molecule has 8 nitrogen and oxygen atoms in total. The van der Waals surface area contributed by atoms with Crippen molar-refractivity contribution in [3.05, 3.63) is 23.1 Å². The van der Waals surface area contributed by atoms with E-state index < -0.39 is 0 Å². The number of rotatable bonds is 6. The molecule has 1 aliphatic rings. The Bertz CT molecular complexity index is 794. The van der Waals surface area contributed by atoms with Gasteiger partial charge in [-0.25, -0.2) is 0 Å². The smallest absolute Gasteiger partial charge is 0.238 e. The number of carbonyl (C=O) groups excluding carboxylic acids is 1. The summed E-state index contributed by atoms with van der Waals surface area (Å²) in [5.74, 6) is 1.88. The van der Waals surface area contributed by atoms with Crippen molar-refractivity contribution in [2.45, 2.75) is 65.8 Å². The fourth-order valence-corrected chi connectivity index (χ4v) is 3.62. The van der Waals surface area contributed by atoms with Gasteiger partial charge in [0.1, 0.15) is 0 Å². The molecule has 0 bridgehead atoms. The van der Waals surface area contributed by atoms with Gasteiger partial charge < -0.3 is 9.84 Å². The standard InChI is InChI=1S/C19H30N6O2/c1-6-25-14(5)17(13(4)22-25)20-16(26)11-24-9-7-8-15(10-24)19-21-18(12(2)3)23-27-19/h12,15H,6-11H2,1-5H3,(H,20,26)/t15-/m0/s1. The quantitative estimate of drug-likeness (QED) is 0.836. The van der Waals surface area contributed by atoms with Crippen LogP contribution in [0.25, 0.3) is 0 Å². The molecule has 0 radical (unpaired) electrons. The molecule has 0 aromatic carbocycles. The lowest BCUT2D eigenvalue weighted by molar-refractivity contribution is -0.117. The van der Waals surface area contributed by atoms with Crippen LogP contribution in [-0.4, -0.2) is 50.4 Å². The number of amides is 1. The zero-order valence-electron chi connectivity index (χ0n) is 16.9. The summed E-state index contributed by atoms with van der Waals surface area (Å²) < 4.78 is 7.37. The fourth-order valence-electron chi connectivity index (χ4n) is 3.62. The molecule has 0 unspecified atom stereocenters. The molecular formula is C19H30N6O2. The second-order valence-electron chi connectivity index (χ2n) is 7.63. The predicted molar refractivity (Wildman–Crippen MR) is 103 cm³/mol. The van der Waals surface area contributed by atoms with Gasteiger partial charge in [-0.3, -0.25) is 14.4 Å². The van der Waals surface area contributed by atoms with Crippen LogP contribution in [0.1, 0.15) is 68.6 Å². The van der Waals surface area contributed by atoms with Crippen LogP contribution in [0.5, 0.6) is 0 Å². The Morgan fingerprint density at radius 1 is 1.37 bits per heavy atom. The maximum atomic E-state index is 12.6. The monoisotopic (exact) mass is 374 g/mol. The molecule has 0 spiro atoms. The third-order valence-corrected chi connectivity index (χ3v) is 5.14. The average Bonchev–Trinajstić information content (AvgIpc) is 3.23. The third kappa shape index (κ3) is 4.37. The molecule has 0 aliphatic carbocycles. The van der Waals surface area contributed by atoms with E-state index in [1.807, 2.05) is 25.5 Å². The largest absolute Gasteiger partial charge is 0.339 e. The van der Waals surface area contributed by atoms with E-state index in [1.165, 1.54) is 0 Å². The summed E-state index contributed by atoms with van der Waals surface area (Å²) in [6, 6.07) is 0. The third-order valence-electron chi connectivity index (χ3n) is 5.14. The van der Waals surface area contributed by atoms with Crippen LogP contribution in [0.3, 0.4) is 0 Å². The zero-order valence-corrected chi connectivity index (χ0v) is 16.9. The first-order valence-electron chi connectivity index (χ1n) is 9.78. The summed E-state index contributed by atoms with van der Waals surface area (Å²) in [6.45, 7) is 12.9. The van der Waals surface area contributed by atoms with Gasteiger partial charge in [0, 0.05) is 19.0 Å². The van der Waals surface area contributed by atoms with Crippen molar-refractivity contribution in [1.29, 1.82) is 0 Å². The van der Waals surface area contributed by atoms with Gasteiger partial charge in [-0.1, -0.05) is 19.0 Å². The molecular weight excluding hydrogens is 344 g/mol. The maximum absolute atomic E-state index is 12.6. The minimum atomic E-state index is -0.00842. The van der Waals surface area contributed by atoms with Gasteiger partial charge in [0.15, 0.2) is 5.82 Å². The van der Waals surface area contributed by atoms with Crippen LogP contribution >= 0.6 is 0 Å². The fraction of sp³-hybridized carbons (Fsp3) is 0.684. The van der Waals surface area contributed by atoms with Crippen LogP contribution in [0.2, 0.25) is 0 Å². The van der Waals surface area contributed by atoms with E-state index in [0.29, 0.717) is 12.4 Å². The number of hydrogen-bond donors (Lipinski definition) is 1. The number of anilines is 1. The summed E-state index contributed by atoms with van der Waals surface area (Å²) in [7, 11) is 0. The summed E-state index contributed by atoms with van der Waals surface area (Å²) in [5.41, 5.74) is 2.67. The van der Waals surface area contributed by atoms with E-state index in [4.69, 9.17) is 4.52 Å². The summed E-state index contributed by atoms with van der Waals surface area (Å²) in [4.78, 5) is 19.3. The molecule has 0 saturated carbocycles. The lowest BCUT2D eigenvalue weighted by atomic mass is 9.98. The molecule has 27 heavy (non-hydrogen) atoms. The Morgan fingerprint density at radius 3 is 2.78 bits per heavy atom. The van der Waals surface area contributed by atoms with Crippen LogP contribution in [0.15, 0.2) is 4.52 Å². The normalized spacial score (nSPS) is 18.2. The van der Waals surface area contributed by atoms with Gasteiger partial charge in [0.25, 0.3) is 0 Å². The van der Waals surface area contributed by atoms with Gasteiger partial charge >= 0.3 is 0 Å². The Balaban J connectivity index is 1.60. The number of likely N-dealkylation sites (tertiary alicyclic amines) is 1. The first-order valence-corrected chi connectivity index (χ1v) is 9.78. The number of nitrogens with one attached hydrogen (secondary N) is 1. The highest BCUT2D eigenvalue weighted by atomic mass is 16.5. The number of aromatic nitrogens is 4. The molecule has 1 atom stereocenters. The van der Waals surface area contributed by atoms with Crippen molar-refractivity contribution in [3.8, 4) is 0 Å². The van der Waals surface area contributed by atoms with Crippen LogP contribution < -0.4 is 5.32 Å². The average molecular weight is 374 g/mol. The maximum Gasteiger partial charge on any atom is 0.238 e. The SMILES string of the molecule is CCn1nc(C)c(NC(=O)CN2CCC[C@H](c3nc(C(C)C)no3)C2)c1C. The van der Waals surface area contributed by atoms with E-state index in [9.17, 15) is 4.79 Å². The summed E-state index contributed by atoms with van der Waals surface area (Å²) in [5, 5.41) is 11.6. The second-order valence-corrected chi connectivity index (χ2v) is 7.63. The Labute approximate surface area is 160 Å². The molecule has 3 heterocycles. The van der Waals surface area contributed by atoms with Crippen molar-refractivity contribution in [1.82, 2.24) is 24.8 Å². The van der Waals surface area contributed by atoms with Gasteiger partial charge in [-0.2, -0.15) is 10.1 Å². The van der Waals surface area contributed by atoms with Crippen LogP contribution in [0, 0.1) is 13.8 Å². The molecule has 1 amide bonds. The molecule has 1 N–H and O–H groups in total. The number of nitrogens with zero attached hydrogens (tertiary/aromatic N) is 5. The van der Waals surface area contributed by atoms with E-state index in [1.54, 1.807) is 0 Å². The van der Waals surface area contributed by atoms with Gasteiger partial charge in [0.05, 0.1) is 29.5 Å². The number of hydrogen-bond acceptors (Lipinski definition) is 6. The van der Waals surface area contributed by atoms with E-state index in [0.717, 1.165) is 55.4 Å². The molecule has 8 heteroatoms. The van der Waals surface area contributed by atoms with Crippen LogP contribution in [-0.2, 0) is 11.3 Å². The van der Waals surface area contributed by atoms with Gasteiger partial charge in [-0.15, -0.1) is 0 Å². The second kappa shape index (κ2) is 8.21. The molecule has 2 aromatic rings. The van der Waals surface area contributed by atoms with Crippen molar-refractivity contribution < 1.29 is 9.32 Å². The molecule has 2 aromatic heterocycles. The minimum Gasteiger partial charge on any atom is -0.339 e. The van der Waals surface area contributed by atoms with E-state index in [2.05, 4.69) is 39.3 Å². The van der Waals surface area contributed by atoms with Crippen molar-refractivity contribution in [2.24, 2.45) is 0 Å². The van der Waals surface area contributed by atoms with Crippen molar-refractivity contribution in [3.63, 3.8) is 0 Å². The molecule has 1 fully saturated rings. The van der Waals surface area contributed by atoms with Crippen molar-refractivity contribution >= 4 is 11.6 Å². The molecule has 1 saturated heterocycles. The first-order chi connectivity index (χ1) is 12.9. The zero-order chi connectivity index (χ0) is 19.6. The van der Waals surface area contributed by atoms with Gasteiger partial charge in [0.2, 0.25) is 11.8 Å². The molecule has 148 valence electrons. The Hall–Kier alpha value is -2.22. The first kappa shape index (κ1) is 19.5. The topological polar surface area (TPSA) is 89.1 Å². The Kier molecular flexibility index (Phi) is 5.94. The van der Waals surface area contributed by atoms with Crippen molar-refractivity contribution in [2.75, 3.05) is 25.0 Å². The summed E-state index contributed by atoms with van der Waals surface area (Å²) in [6.07, 6.45) is 2.03. The van der Waals surface area contributed by atoms with Gasteiger partial charge in [-0.05, 0) is 40.2 Å². The highest BCUT2D eigenvalue weighted by Gasteiger charge is 2.27. The number of aryl methyl sites for hydroxylation is 2. The molecule has 3 rings (SSSR count). The number of piperidine rings is 1. The number of carbonyl (C=O) groups is 1. The van der Waals surface area contributed by atoms with E-state index >= 15 is 0 Å². The minimum absolute atomic E-state index is 0.00842. The lowest BCUT2D eigenvalue weighted by Gasteiger charge is -2.30. The van der Waals surface area contributed by atoms with E-state index in [-0.39, 0.29) is 17.7 Å². The predicted octanol–water partition coefficient (Wildman–Crippen LogP) is 2.84. The highest BCUT2D eigenvalue weighted by Crippen LogP contribution is 2.27. The lowest BCUT2D eigenvalue weighted by Crippen LogP contribution is -2.40. The molecule has 1 aliphatic heterocycles. The van der Waals surface area contributed by atoms with Crippen LogP contribution in [0.4, 0.5) is 5.69 Å². The highest BCUT2D eigenvalue weighted by molar-refractivity contribution is 5.93.